The van der Waals surface area contributed by atoms with Crippen molar-refractivity contribution < 1.29 is 8.42 Å². The number of nitrogens with one attached hydrogen (secondary N) is 1. The van der Waals surface area contributed by atoms with Crippen molar-refractivity contribution in [1.82, 2.24) is 9.71 Å². The van der Waals surface area contributed by atoms with E-state index in [1.807, 2.05) is 37.3 Å². The first kappa shape index (κ1) is 13.9. The predicted molar refractivity (Wildman–Crippen MR) is 81.4 cm³/mol. The third kappa shape index (κ3) is 2.72. The van der Waals surface area contributed by atoms with Crippen molar-refractivity contribution >= 4 is 15.1 Å². The first-order valence-electron chi connectivity index (χ1n) is 6.64. The molecule has 6 heteroatoms. The van der Waals surface area contributed by atoms with Crippen LogP contribution in [0.25, 0.3) is 0 Å². The van der Waals surface area contributed by atoms with Crippen LogP contribution in [0.1, 0.15) is 29.8 Å². The summed E-state index contributed by atoms with van der Waals surface area (Å²) in [5.74, 6) is 0. The molecule has 0 bridgehead atoms. The van der Waals surface area contributed by atoms with Crippen LogP contribution < -0.4 is 4.72 Å². The number of hydrogen-bond donors (Lipinski definition) is 1. The number of fused-ring (bicyclic) bond motifs is 1. The van der Waals surface area contributed by atoms with Gasteiger partial charge in [-0.2, -0.15) is 0 Å². The van der Waals surface area contributed by atoms with Gasteiger partial charge in [0.2, 0.25) is 0 Å². The summed E-state index contributed by atoms with van der Waals surface area (Å²) in [6, 6.07) is 12.6. The topological polar surface area (TPSA) is 71.4 Å². The summed E-state index contributed by atoms with van der Waals surface area (Å²) in [5.41, 5.74) is 2.20. The van der Waals surface area contributed by atoms with E-state index in [9.17, 15) is 8.42 Å². The summed E-state index contributed by atoms with van der Waals surface area (Å²) in [4.78, 5) is 8.28. The normalized spacial score (nSPS) is 15.4. The molecule has 1 unspecified atom stereocenters. The maximum absolute atomic E-state index is 12.5. The van der Waals surface area contributed by atoms with E-state index < -0.39 is 10.0 Å². The van der Waals surface area contributed by atoms with Gasteiger partial charge in [-0.3, -0.25) is 9.98 Å². The largest absolute Gasteiger partial charge is 0.265 e. The molecule has 0 fully saturated rings. The van der Waals surface area contributed by atoms with E-state index in [0.717, 1.165) is 5.56 Å². The van der Waals surface area contributed by atoms with Crippen LogP contribution >= 0.6 is 0 Å². The van der Waals surface area contributed by atoms with Crippen molar-refractivity contribution in [3.63, 3.8) is 0 Å². The highest BCUT2D eigenvalue weighted by Gasteiger charge is 2.29. The van der Waals surface area contributed by atoms with Crippen molar-refractivity contribution in [2.45, 2.75) is 19.5 Å². The molecule has 108 valence electrons. The Balaban J connectivity index is 1.86. The first-order chi connectivity index (χ1) is 10.1. The first-order valence-corrected chi connectivity index (χ1v) is 8.12. The molecule has 0 aliphatic carbocycles. The summed E-state index contributed by atoms with van der Waals surface area (Å²) in [6.45, 7) is 2.12. The van der Waals surface area contributed by atoms with E-state index >= 15 is 0 Å². The second kappa shape index (κ2) is 5.38. The standard InChI is InChI=1S/C15H15N3O2S/c1-11(12-6-3-2-4-7-12)18-21(19,20)15-13-8-5-9-16-14(13)10-17-15/h2-9,11,18H,10H2,1H3. The molecule has 0 amide bonds. The third-order valence-electron chi connectivity index (χ3n) is 3.38. The zero-order chi connectivity index (χ0) is 14.9. The number of sulfonamides is 1. The maximum atomic E-state index is 12.5. The molecule has 0 radical (unpaired) electrons. The molecule has 2 aromatic rings. The van der Waals surface area contributed by atoms with E-state index in [1.165, 1.54) is 0 Å². The minimum atomic E-state index is -3.66. The number of aliphatic imine (C=N–C) groups is 1. The molecule has 1 aromatic carbocycles. The summed E-state index contributed by atoms with van der Waals surface area (Å²) >= 11 is 0. The van der Waals surface area contributed by atoms with Gasteiger partial charge in [0.25, 0.3) is 10.0 Å². The monoisotopic (exact) mass is 301 g/mol. The van der Waals surface area contributed by atoms with Gasteiger partial charge < -0.3 is 0 Å². The van der Waals surface area contributed by atoms with Crippen molar-refractivity contribution in [1.29, 1.82) is 0 Å². The zero-order valence-corrected chi connectivity index (χ0v) is 12.3. The van der Waals surface area contributed by atoms with Gasteiger partial charge in [-0.1, -0.05) is 30.3 Å². The van der Waals surface area contributed by atoms with Crippen molar-refractivity contribution in [3.05, 3.63) is 65.5 Å². The molecule has 0 saturated carbocycles. The summed E-state index contributed by atoms with van der Waals surface area (Å²) in [6.07, 6.45) is 1.64. The molecule has 1 aromatic heterocycles. The maximum Gasteiger partial charge on any atom is 0.258 e. The Morgan fingerprint density at radius 1 is 1.14 bits per heavy atom. The molecule has 21 heavy (non-hydrogen) atoms. The Morgan fingerprint density at radius 3 is 2.67 bits per heavy atom. The van der Waals surface area contributed by atoms with Crippen molar-refractivity contribution in [2.24, 2.45) is 4.99 Å². The summed E-state index contributed by atoms with van der Waals surface area (Å²) < 4.78 is 27.7. The van der Waals surface area contributed by atoms with Crippen LogP contribution in [0, 0.1) is 0 Å². The fraction of sp³-hybridized carbons (Fsp3) is 0.200. The molecule has 1 N–H and O–H groups in total. The van der Waals surface area contributed by atoms with Crippen LogP contribution in [-0.2, 0) is 16.6 Å². The molecule has 1 atom stereocenters. The van der Waals surface area contributed by atoms with E-state index in [2.05, 4.69) is 14.7 Å². The lowest BCUT2D eigenvalue weighted by Gasteiger charge is -2.14. The Bertz CT molecular complexity index is 786. The van der Waals surface area contributed by atoms with Gasteiger partial charge in [-0.25, -0.2) is 13.1 Å². The Kier molecular flexibility index (Phi) is 3.57. The average Bonchev–Trinajstić information content (AvgIpc) is 2.92. The van der Waals surface area contributed by atoms with E-state index in [1.54, 1.807) is 18.3 Å². The third-order valence-corrected chi connectivity index (χ3v) is 4.90. The molecule has 5 nitrogen and oxygen atoms in total. The highest BCUT2D eigenvalue weighted by molar-refractivity contribution is 8.05. The van der Waals surface area contributed by atoms with Crippen LogP contribution in [0.3, 0.4) is 0 Å². The van der Waals surface area contributed by atoms with Crippen LogP contribution in [-0.4, -0.2) is 18.4 Å². The van der Waals surface area contributed by atoms with Crippen LogP contribution in [0.5, 0.6) is 0 Å². The quantitative estimate of drug-likeness (QED) is 0.942. The lowest BCUT2D eigenvalue weighted by Crippen LogP contribution is -2.33. The Hall–Kier alpha value is -2.05. The predicted octanol–water partition coefficient (Wildman–Crippen LogP) is 2.02. The van der Waals surface area contributed by atoms with Crippen LogP contribution in [0.2, 0.25) is 0 Å². The zero-order valence-electron chi connectivity index (χ0n) is 11.5. The molecule has 2 heterocycles. The van der Waals surface area contributed by atoms with E-state index in [4.69, 9.17) is 0 Å². The number of hydrogen-bond acceptors (Lipinski definition) is 4. The smallest absolute Gasteiger partial charge is 0.258 e. The highest BCUT2D eigenvalue weighted by Crippen LogP contribution is 2.21. The van der Waals surface area contributed by atoms with Gasteiger partial charge >= 0.3 is 0 Å². The molecular weight excluding hydrogens is 286 g/mol. The minimum Gasteiger partial charge on any atom is -0.265 e. The molecular formula is C15H15N3O2S. The van der Waals surface area contributed by atoms with Crippen LogP contribution in [0.4, 0.5) is 0 Å². The van der Waals surface area contributed by atoms with Gasteiger partial charge in [-0.05, 0) is 24.6 Å². The summed E-state index contributed by atoms with van der Waals surface area (Å²) in [7, 11) is -3.66. The number of nitrogens with zero attached hydrogens (tertiary/aromatic N) is 2. The van der Waals surface area contributed by atoms with Gasteiger partial charge in [0.1, 0.15) is 0 Å². The second-order valence-corrected chi connectivity index (χ2v) is 6.50. The molecule has 1 aliphatic heterocycles. The number of aromatic nitrogens is 1. The van der Waals surface area contributed by atoms with Gasteiger partial charge in [0.05, 0.1) is 12.2 Å². The van der Waals surface area contributed by atoms with Crippen LogP contribution in [0.15, 0.2) is 53.7 Å². The summed E-state index contributed by atoms with van der Waals surface area (Å²) in [5, 5.41) is 0.0772. The van der Waals surface area contributed by atoms with E-state index in [0.29, 0.717) is 17.8 Å². The number of rotatable bonds is 3. The lowest BCUT2D eigenvalue weighted by atomic mass is 10.1. The lowest BCUT2D eigenvalue weighted by molar-refractivity contribution is 0.579. The minimum absolute atomic E-state index is 0.0772. The molecule has 0 spiro atoms. The Labute approximate surface area is 123 Å². The average molecular weight is 301 g/mol. The number of benzene rings is 1. The fourth-order valence-electron chi connectivity index (χ4n) is 2.32. The number of pyridine rings is 1. The highest BCUT2D eigenvalue weighted by atomic mass is 32.2. The Morgan fingerprint density at radius 2 is 1.90 bits per heavy atom. The molecule has 0 saturated heterocycles. The van der Waals surface area contributed by atoms with Gasteiger partial charge in [0.15, 0.2) is 5.04 Å². The second-order valence-electron chi connectivity index (χ2n) is 4.87. The fourth-order valence-corrected chi connectivity index (χ4v) is 3.74. The van der Waals surface area contributed by atoms with Gasteiger partial charge in [0, 0.05) is 17.8 Å². The van der Waals surface area contributed by atoms with Crippen molar-refractivity contribution in [2.75, 3.05) is 0 Å². The van der Waals surface area contributed by atoms with Gasteiger partial charge in [-0.15, -0.1) is 0 Å². The SMILES string of the molecule is CC(NS(=O)(=O)C1=NCc2ncccc21)c1ccccc1. The molecule has 3 rings (SSSR count). The van der Waals surface area contributed by atoms with E-state index in [-0.39, 0.29) is 11.1 Å². The van der Waals surface area contributed by atoms with Crippen molar-refractivity contribution in [3.8, 4) is 0 Å². The molecule has 1 aliphatic rings.